The van der Waals surface area contributed by atoms with Gasteiger partial charge >= 0.3 is 0 Å². The maximum Gasteiger partial charge on any atom is 0.272 e. The molecule has 1 atom stereocenters. The maximum atomic E-state index is 12.5. The Morgan fingerprint density at radius 1 is 1.24 bits per heavy atom. The zero-order valence-electron chi connectivity index (χ0n) is 13.9. The monoisotopic (exact) mass is 360 g/mol. The summed E-state index contributed by atoms with van der Waals surface area (Å²) in [6.45, 7) is 1.26. The molecule has 1 N–H and O–H groups in total. The van der Waals surface area contributed by atoms with E-state index in [9.17, 15) is 9.90 Å². The molecule has 0 saturated carbocycles. The Morgan fingerprint density at radius 3 is 2.88 bits per heavy atom. The molecule has 1 fully saturated rings. The van der Waals surface area contributed by atoms with Crippen LogP contribution in [-0.4, -0.2) is 46.2 Å². The minimum Gasteiger partial charge on any atom is -0.491 e. The van der Waals surface area contributed by atoms with Crippen LogP contribution in [0.4, 0.5) is 0 Å². The number of pyridine rings is 1. The van der Waals surface area contributed by atoms with Crippen molar-refractivity contribution in [3.05, 3.63) is 59.4 Å². The number of ether oxygens (including phenoxy) is 1. The van der Waals surface area contributed by atoms with Crippen molar-refractivity contribution in [3.8, 4) is 5.75 Å². The fraction of sp³-hybridized carbons (Fsp3) is 0.368. The molecular formula is C19H21ClN2O3. The number of rotatable bonds is 4. The van der Waals surface area contributed by atoms with E-state index in [4.69, 9.17) is 16.3 Å². The van der Waals surface area contributed by atoms with Gasteiger partial charge in [0.05, 0.1) is 0 Å². The predicted molar refractivity (Wildman–Crippen MR) is 95.9 cm³/mol. The number of hydrogen-bond acceptors (Lipinski definition) is 4. The van der Waals surface area contributed by atoms with E-state index in [2.05, 4.69) is 4.98 Å². The van der Waals surface area contributed by atoms with Crippen molar-refractivity contribution in [2.75, 3.05) is 19.7 Å². The van der Waals surface area contributed by atoms with Crippen molar-refractivity contribution in [2.45, 2.75) is 24.9 Å². The van der Waals surface area contributed by atoms with Crippen LogP contribution < -0.4 is 4.74 Å². The number of carbonyl (C=O) groups is 1. The number of halogens is 1. The molecule has 0 spiro atoms. The molecule has 0 radical (unpaired) electrons. The number of hydrogen-bond donors (Lipinski definition) is 1. The first-order valence-corrected chi connectivity index (χ1v) is 8.75. The highest BCUT2D eigenvalue weighted by atomic mass is 35.5. The van der Waals surface area contributed by atoms with Gasteiger partial charge in [0.2, 0.25) is 0 Å². The minimum absolute atomic E-state index is 0.0967. The van der Waals surface area contributed by atoms with E-state index in [1.54, 1.807) is 41.4 Å². The second kappa shape index (κ2) is 7.85. The van der Waals surface area contributed by atoms with E-state index in [1.165, 1.54) is 0 Å². The van der Waals surface area contributed by atoms with Gasteiger partial charge in [-0.15, -0.1) is 0 Å². The molecular weight excluding hydrogens is 340 g/mol. The summed E-state index contributed by atoms with van der Waals surface area (Å²) in [5, 5.41) is 11.4. The Morgan fingerprint density at radius 2 is 2.12 bits per heavy atom. The fourth-order valence-corrected chi connectivity index (χ4v) is 3.13. The number of nitrogens with zero attached hydrogens (tertiary/aromatic N) is 2. The third-order valence-electron chi connectivity index (χ3n) is 4.39. The van der Waals surface area contributed by atoms with Gasteiger partial charge in [0.25, 0.3) is 5.91 Å². The molecule has 0 aliphatic carbocycles. The standard InChI is InChI=1S/C19H21ClN2O3/c20-15-5-3-6-16(13-15)25-14-19(24)8-4-11-22(12-9-19)18(23)17-7-1-2-10-21-17/h1-3,5-7,10,13,24H,4,8-9,11-12,14H2. The Hall–Kier alpha value is -2.11. The lowest BCUT2D eigenvalue weighted by molar-refractivity contribution is -0.0163. The van der Waals surface area contributed by atoms with E-state index < -0.39 is 5.60 Å². The van der Waals surface area contributed by atoms with Crippen LogP contribution in [0.25, 0.3) is 0 Å². The van der Waals surface area contributed by atoms with Crippen molar-refractivity contribution in [2.24, 2.45) is 0 Å². The summed E-state index contributed by atoms with van der Waals surface area (Å²) in [5.41, 5.74) is -0.523. The second-order valence-electron chi connectivity index (χ2n) is 6.33. The predicted octanol–water partition coefficient (Wildman–Crippen LogP) is 3.17. The van der Waals surface area contributed by atoms with Gasteiger partial charge in [-0.3, -0.25) is 9.78 Å². The van der Waals surface area contributed by atoms with Crippen LogP contribution in [0.2, 0.25) is 5.02 Å². The van der Waals surface area contributed by atoms with Crippen molar-refractivity contribution in [1.82, 2.24) is 9.88 Å². The number of benzene rings is 1. The summed E-state index contributed by atoms with van der Waals surface area (Å²) >= 11 is 5.95. The first-order valence-electron chi connectivity index (χ1n) is 8.37. The van der Waals surface area contributed by atoms with Gasteiger partial charge in [-0.2, -0.15) is 0 Å². The second-order valence-corrected chi connectivity index (χ2v) is 6.77. The lowest BCUT2D eigenvalue weighted by atomic mass is 9.96. The minimum atomic E-state index is -0.957. The molecule has 3 rings (SSSR count). The maximum absolute atomic E-state index is 12.5. The summed E-state index contributed by atoms with van der Waals surface area (Å²) < 4.78 is 5.71. The summed E-state index contributed by atoms with van der Waals surface area (Å²) in [6.07, 6.45) is 3.37. The zero-order valence-corrected chi connectivity index (χ0v) is 14.7. The van der Waals surface area contributed by atoms with Crippen molar-refractivity contribution >= 4 is 17.5 Å². The fourth-order valence-electron chi connectivity index (χ4n) is 2.95. The quantitative estimate of drug-likeness (QED) is 0.909. The largest absolute Gasteiger partial charge is 0.491 e. The SMILES string of the molecule is O=C(c1ccccn1)N1CCCC(O)(COc2cccc(Cl)c2)CC1. The van der Waals surface area contributed by atoms with E-state index in [-0.39, 0.29) is 12.5 Å². The summed E-state index contributed by atoms with van der Waals surface area (Å²) in [4.78, 5) is 18.4. The Labute approximate surface area is 152 Å². The van der Waals surface area contributed by atoms with Crippen molar-refractivity contribution in [3.63, 3.8) is 0 Å². The highest BCUT2D eigenvalue weighted by Crippen LogP contribution is 2.25. The van der Waals surface area contributed by atoms with Crippen LogP contribution in [0, 0.1) is 0 Å². The summed E-state index contributed by atoms with van der Waals surface area (Å²) in [6, 6.07) is 12.4. The van der Waals surface area contributed by atoms with Crippen LogP contribution >= 0.6 is 11.6 Å². The first-order chi connectivity index (χ1) is 12.1. The third-order valence-corrected chi connectivity index (χ3v) is 4.63. The summed E-state index contributed by atoms with van der Waals surface area (Å²) in [5.74, 6) is 0.534. The molecule has 25 heavy (non-hydrogen) atoms. The number of likely N-dealkylation sites (tertiary alicyclic amines) is 1. The van der Waals surface area contributed by atoms with Gasteiger partial charge in [-0.1, -0.05) is 23.7 Å². The van der Waals surface area contributed by atoms with Gasteiger partial charge in [-0.05, 0) is 49.6 Å². The molecule has 0 bridgehead atoms. The van der Waals surface area contributed by atoms with Crippen LogP contribution in [0.3, 0.4) is 0 Å². The average Bonchev–Trinajstić information content (AvgIpc) is 2.83. The molecule has 1 aliphatic rings. The number of amides is 1. The molecule has 6 heteroatoms. The Bertz CT molecular complexity index is 726. The molecule has 1 aliphatic heterocycles. The van der Waals surface area contributed by atoms with Gasteiger partial charge in [-0.25, -0.2) is 0 Å². The molecule has 1 saturated heterocycles. The molecule has 2 heterocycles. The molecule has 1 aromatic heterocycles. The smallest absolute Gasteiger partial charge is 0.272 e. The molecule has 1 amide bonds. The van der Waals surface area contributed by atoms with Crippen LogP contribution in [0.1, 0.15) is 29.8 Å². The van der Waals surface area contributed by atoms with Gasteiger partial charge < -0.3 is 14.7 Å². The van der Waals surface area contributed by atoms with Crippen molar-refractivity contribution in [1.29, 1.82) is 0 Å². The number of aliphatic hydroxyl groups is 1. The normalized spacial score (nSPS) is 20.8. The van der Waals surface area contributed by atoms with Crippen LogP contribution in [0.5, 0.6) is 5.75 Å². The van der Waals surface area contributed by atoms with Crippen LogP contribution in [0.15, 0.2) is 48.7 Å². The van der Waals surface area contributed by atoms with Crippen molar-refractivity contribution < 1.29 is 14.6 Å². The lowest BCUT2D eigenvalue weighted by Crippen LogP contribution is -2.38. The third kappa shape index (κ3) is 4.71. The Balaban J connectivity index is 1.59. The number of carbonyl (C=O) groups excluding carboxylic acids is 1. The van der Waals surface area contributed by atoms with E-state index in [1.807, 2.05) is 12.1 Å². The zero-order chi connectivity index (χ0) is 17.7. The topological polar surface area (TPSA) is 62.7 Å². The lowest BCUT2D eigenvalue weighted by Gasteiger charge is -2.27. The van der Waals surface area contributed by atoms with Gasteiger partial charge in [0.1, 0.15) is 23.7 Å². The highest BCUT2D eigenvalue weighted by Gasteiger charge is 2.32. The van der Waals surface area contributed by atoms with Crippen LogP contribution in [-0.2, 0) is 0 Å². The van der Waals surface area contributed by atoms with E-state index in [0.29, 0.717) is 48.8 Å². The van der Waals surface area contributed by atoms with E-state index >= 15 is 0 Å². The molecule has 5 nitrogen and oxygen atoms in total. The first kappa shape index (κ1) is 17.7. The van der Waals surface area contributed by atoms with E-state index in [0.717, 1.165) is 0 Å². The summed E-state index contributed by atoms with van der Waals surface area (Å²) in [7, 11) is 0. The molecule has 2 aromatic rings. The molecule has 132 valence electrons. The Kier molecular flexibility index (Phi) is 5.56. The highest BCUT2D eigenvalue weighted by molar-refractivity contribution is 6.30. The average molecular weight is 361 g/mol. The molecule has 1 unspecified atom stereocenters. The van der Waals surface area contributed by atoms with Gasteiger partial charge in [0, 0.05) is 24.3 Å². The number of aromatic nitrogens is 1. The van der Waals surface area contributed by atoms with Gasteiger partial charge in [0.15, 0.2) is 0 Å². The molecule has 1 aromatic carbocycles.